The van der Waals surface area contributed by atoms with Crippen molar-refractivity contribution in [1.29, 1.82) is 0 Å². The summed E-state index contributed by atoms with van der Waals surface area (Å²) in [6.07, 6.45) is 9.48. The van der Waals surface area contributed by atoms with Crippen molar-refractivity contribution < 1.29 is 9.53 Å². The second kappa shape index (κ2) is 5.41. The molecule has 2 atom stereocenters. The molecule has 1 heterocycles. The zero-order valence-corrected chi connectivity index (χ0v) is 9.76. The minimum absolute atomic E-state index is 0.00351. The molecule has 0 radical (unpaired) electrons. The number of likely N-dealkylation sites (tertiary alicyclic amines) is 1. The summed E-state index contributed by atoms with van der Waals surface area (Å²) in [6.45, 7) is 2.83. The molecule has 1 aliphatic carbocycles. The van der Waals surface area contributed by atoms with Gasteiger partial charge in [0.2, 0.25) is 0 Å². The number of methoxy groups -OCH3 is 1. The number of aldehydes is 1. The Labute approximate surface area is 96.8 Å². The van der Waals surface area contributed by atoms with E-state index < -0.39 is 0 Å². The van der Waals surface area contributed by atoms with Gasteiger partial charge in [0.15, 0.2) is 0 Å². The molecule has 1 aliphatic heterocycles. The Balaban J connectivity index is 1.91. The van der Waals surface area contributed by atoms with Crippen LogP contribution in [0.25, 0.3) is 0 Å². The van der Waals surface area contributed by atoms with Crippen LogP contribution in [0, 0.1) is 5.92 Å². The predicted octanol–water partition coefficient (Wildman–Crippen LogP) is 1.41. The molecular weight excluding hydrogens is 202 g/mol. The number of hydrogen-bond donors (Lipinski definition) is 0. The normalized spacial score (nSPS) is 29.7. The predicted molar refractivity (Wildman–Crippen MR) is 63.2 cm³/mol. The minimum Gasteiger partial charge on any atom is -0.383 e. The lowest BCUT2D eigenvalue weighted by molar-refractivity contribution is -0.109. The maximum atomic E-state index is 10.9. The van der Waals surface area contributed by atoms with Crippen LogP contribution in [0.4, 0.5) is 0 Å². The molecule has 0 bridgehead atoms. The molecule has 1 unspecified atom stereocenters. The third-order valence-corrected chi connectivity index (χ3v) is 3.45. The van der Waals surface area contributed by atoms with E-state index in [1.165, 1.54) is 18.4 Å². The fourth-order valence-electron chi connectivity index (χ4n) is 2.54. The van der Waals surface area contributed by atoms with Crippen LogP contribution in [0.3, 0.4) is 0 Å². The van der Waals surface area contributed by atoms with E-state index in [4.69, 9.17) is 4.74 Å². The summed E-state index contributed by atoms with van der Waals surface area (Å²) in [5.74, 6) is 0.00351. The van der Waals surface area contributed by atoms with Gasteiger partial charge in [0.25, 0.3) is 0 Å². The summed E-state index contributed by atoms with van der Waals surface area (Å²) in [4.78, 5) is 13.3. The number of carbonyl (C=O) groups is 1. The quantitative estimate of drug-likeness (QED) is 0.657. The molecule has 1 fully saturated rings. The van der Waals surface area contributed by atoms with E-state index in [0.29, 0.717) is 6.04 Å². The van der Waals surface area contributed by atoms with Gasteiger partial charge in [-0.1, -0.05) is 18.2 Å². The highest BCUT2D eigenvalue weighted by Crippen LogP contribution is 2.23. The third kappa shape index (κ3) is 2.42. The Morgan fingerprint density at radius 1 is 1.62 bits per heavy atom. The molecule has 0 spiro atoms. The molecule has 0 aromatic carbocycles. The van der Waals surface area contributed by atoms with Crippen LogP contribution in [0.2, 0.25) is 0 Å². The standard InChI is InChI=1S/C13H19NO2/c1-16-10-13-6-3-7-14(13)8-11-4-2-5-12(11)9-15/h2,4-5,9,12-13H,3,6-8,10H2,1H3/t12?,13-/m0/s1. The second-order valence-electron chi connectivity index (χ2n) is 4.51. The highest BCUT2D eigenvalue weighted by atomic mass is 16.5. The molecule has 2 rings (SSSR count). The molecule has 1 saturated heterocycles. The molecule has 0 amide bonds. The average molecular weight is 221 g/mol. The SMILES string of the molecule is COC[C@@H]1CCCN1CC1=CC=CC1C=O. The molecular formula is C13H19NO2. The van der Waals surface area contributed by atoms with Crippen LogP contribution < -0.4 is 0 Å². The Bertz CT molecular complexity index is 309. The smallest absolute Gasteiger partial charge is 0.130 e. The van der Waals surface area contributed by atoms with Crippen LogP contribution in [-0.2, 0) is 9.53 Å². The number of rotatable bonds is 5. The maximum absolute atomic E-state index is 10.9. The van der Waals surface area contributed by atoms with Crippen LogP contribution in [-0.4, -0.2) is 44.0 Å². The minimum atomic E-state index is 0.00351. The van der Waals surface area contributed by atoms with Crippen LogP contribution in [0.1, 0.15) is 12.8 Å². The van der Waals surface area contributed by atoms with Gasteiger partial charge in [-0.05, 0) is 25.0 Å². The van der Waals surface area contributed by atoms with Crippen molar-refractivity contribution in [1.82, 2.24) is 4.90 Å². The fraction of sp³-hybridized carbons (Fsp3) is 0.615. The van der Waals surface area contributed by atoms with Gasteiger partial charge in [0.1, 0.15) is 6.29 Å². The van der Waals surface area contributed by atoms with Gasteiger partial charge in [0.05, 0.1) is 12.5 Å². The lowest BCUT2D eigenvalue weighted by atomic mass is 10.0. The highest BCUT2D eigenvalue weighted by Gasteiger charge is 2.26. The van der Waals surface area contributed by atoms with Gasteiger partial charge in [-0.25, -0.2) is 0 Å². The average Bonchev–Trinajstić information content (AvgIpc) is 2.89. The first-order chi connectivity index (χ1) is 7.85. The Morgan fingerprint density at radius 2 is 2.50 bits per heavy atom. The summed E-state index contributed by atoms with van der Waals surface area (Å²) in [6, 6.07) is 0.527. The second-order valence-corrected chi connectivity index (χ2v) is 4.51. The van der Waals surface area contributed by atoms with E-state index in [9.17, 15) is 4.79 Å². The highest BCUT2D eigenvalue weighted by molar-refractivity contribution is 5.64. The Morgan fingerprint density at radius 3 is 3.25 bits per heavy atom. The summed E-state index contributed by atoms with van der Waals surface area (Å²) in [5, 5.41) is 0. The topological polar surface area (TPSA) is 29.5 Å². The summed E-state index contributed by atoms with van der Waals surface area (Å²) >= 11 is 0. The van der Waals surface area contributed by atoms with E-state index in [2.05, 4.69) is 11.0 Å². The molecule has 88 valence electrons. The number of hydrogen-bond acceptors (Lipinski definition) is 3. The van der Waals surface area contributed by atoms with E-state index in [0.717, 1.165) is 26.0 Å². The molecule has 2 aliphatic rings. The van der Waals surface area contributed by atoms with Crippen LogP contribution in [0.5, 0.6) is 0 Å². The van der Waals surface area contributed by atoms with Crippen molar-refractivity contribution in [3.63, 3.8) is 0 Å². The van der Waals surface area contributed by atoms with Crippen LogP contribution >= 0.6 is 0 Å². The summed E-state index contributed by atoms with van der Waals surface area (Å²) in [7, 11) is 1.75. The van der Waals surface area contributed by atoms with Crippen molar-refractivity contribution >= 4 is 6.29 Å². The number of nitrogens with zero attached hydrogens (tertiary/aromatic N) is 1. The van der Waals surface area contributed by atoms with E-state index in [-0.39, 0.29) is 5.92 Å². The number of allylic oxidation sites excluding steroid dienone is 3. The van der Waals surface area contributed by atoms with Gasteiger partial charge < -0.3 is 9.53 Å². The van der Waals surface area contributed by atoms with Crippen molar-refractivity contribution in [2.45, 2.75) is 18.9 Å². The molecule has 16 heavy (non-hydrogen) atoms. The molecule has 0 aromatic heterocycles. The fourth-order valence-corrected chi connectivity index (χ4v) is 2.54. The summed E-state index contributed by atoms with van der Waals surface area (Å²) in [5.41, 5.74) is 1.22. The van der Waals surface area contributed by atoms with Gasteiger partial charge in [-0.15, -0.1) is 0 Å². The van der Waals surface area contributed by atoms with Crippen molar-refractivity contribution in [2.75, 3.05) is 26.8 Å². The molecule has 0 aromatic rings. The van der Waals surface area contributed by atoms with Gasteiger partial charge >= 0.3 is 0 Å². The van der Waals surface area contributed by atoms with Crippen molar-refractivity contribution in [2.24, 2.45) is 5.92 Å². The zero-order valence-electron chi connectivity index (χ0n) is 9.76. The Hall–Kier alpha value is -0.930. The lowest BCUT2D eigenvalue weighted by Gasteiger charge is -2.25. The first kappa shape index (κ1) is 11.6. The molecule has 3 heteroatoms. The largest absolute Gasteiger partial charge is 0.383 e. The van der Waals surface area contributed by atoms with Gasteiger partial charge in [0, 0.05) is 19.7 Å². The van der Waals surface area contributed by atoms with E-state index >= 15 is 0 Å². The third-order valence-electron chi connectivity index (χ3n) is 3.45. The van der Waals surface area contributed by atoms with Crippen LogP contribution in [0.15, 0.2) is 23.8 Å². The molecule has 3 nitrogen and oxygen atoms in total. The van der Waals surface area contributed by atoms with E-state index in [1.807, 2.05) is 12.2 Å². The zero-order chi connectivity index (χ0) is 11.4. The molecule has 0 N–H and O–H groups in total. The number of carbonyl (C=O) groups excluding carboxylic acids is 1. The Kier molecular flexibility index (Phi) is 3.91. The summed E-state index contributed by atoms with van der Waals surface area (Å²) < 4.78 is 5.23. The first-order valence-electron chi connectivity index (χ1n) is 5.90. The lowest BCUT2D eigenvalue weighted by Crippen LogP contribution is -2.35. The number of ether oxygens (including phenoxy) is 1. The van der Waals surface area contributed by atoms with Crippen molar-refractivity contribution in [3.8, 4) is 0 Å². The monoisotopic (exact) mass is 221 g/mol. The maximum Gasteiger partial charge on any atom is 0.130 e. The van der Waals surface area contributed by atoms with E-state index in [1.54, 1.807) is 7.11 Å². The first-order valence-corrected chi connectivity index (χ1v) is 5.90. The van der Waals surface area contributed by atoms with Crippen molar-refractivity contribution in [3.05, 3.63) is 23.8 Å². The van der Waals surface area contributed by atoms with Gasteiger partial charge in [-0.2, -0.15) is 0 Å². The van der Waals surface area contributed by atoms with Gasteiger partial charge in [-0.3, -0.25) is 4.90 Å². The molecule has 0 saturated carbocycles.